The first-order valence-electron chi connectivity index (χ1n) is 6.28. The lowest BCUT2D eigenvalue weighted by molar-refractivity contribution is 0.416. The van der Waals surface area contributed by atoms with E-state index in [1.807, 2.05) is 7.05 Å². The van der Waals surface area contributed by atoms with Crippen molar-refractivity contribution in [3.05, 3.63) is 28.2 Å². The molecule has 0 fully saturated rings. The van der Waals surface area contributed by atoms with Gasteiger partial charge in [-0.3, -0.25) is 0 Å². The molecule has 3 nitrogen and oxygen atoms in total. The zero-order chi connectivity index (χ0) is 13.7. The number of nitrogens with zero attached hydrogens (tertiary/aromatic N) is 2. The lowest BCUT2D eigenvalue weighted by Gasteiger charge is -2.23. The van der Waals surface area contributed by atoms with Gasteiger partial charge in [-0.1, -0.05) is 6.07 Å². The molecule has 0 spiro atoms. The van der Waals surface area contributed by atoms with Crippen LogP contribution in [0.3, 0.4) is 0 Å². The van der Waals surface area contributed by atoms with Crippen LogP contribution in [0, 0.1) is 0 Å². The third kappa shape index (κ3) is 4.26. The van der Waals surface area contributed by atoms with Gasteiger partial charge in [-0.05, 0) is 61.7 Å². The third-order valence-corrected chi connectivity index (χ3v) is 3.83. The van der Waals surface area contributed by atoms with E-state index in [-0.39, 0.29) is 0 Å². The van der Waals surface area contributed by atoms with Gasteiger partial charge in [0.25, 0.3) is 0 Å². The fraction of sp³-hybridized carbons (Fsp3) is 0.571. The fourth-order valence-corrected chi connectivity index (χ4v) is 2.44. The van der Waals surface area contributed by atoms with Gasteiger partial charge in [-0.25, -0.2) is 0 Å². The van der Waals surface area contributed by atoms with Crippen LogP contribution >= 0.6 is 15.9 Å². The number of anilines is 1. The molecule has 1 unspecified atom stereocenters. The second kappa shape index (κ2) is 7.12. The van der Waals surface area contributed by atoms with Crippen molar-refractivity contribution < 1.29 is 0 Å². The average molecular weight is 314 g/mol. The molecular weight excluding hydrogens is 290 g/mol. The van der Waals surface area contributed by atoms with Gasteiger partial charge in [-0.15, -0.1) is 0 Å². The molecule has 0 bridgehead atoms. The molecule has 1 atom stereocenters. The van der Waals surface area contributed by atoms with Crippen LogP contribution in [0.25, 0.3) is 0 Å². The fourth-order valence-electron chi connectivity index (χ4n) is 1.74. The number of nitrogens with one attached hydrogen (secondary N) is 1. The van der Waals surface area contributed by atoms with Crippen LogP contribution in [0.1, 0.15) is 18.5 Å². The Morgan fingerprint density at radius 2 is 1.89 bits per heavy atom. The maximum atomic E-state index is 3.67. The van der Waals surface area contributed by atoms with E-state index in [0.717, 1.165) is 17.6 Å². The van der Waals surface area contributed by atoms with Crippen LogP contribution in [0.4, 0.5) is 5.69 Å². The summed E-state index contributed by atoms with van der Waals surface area (Å²) in [6.07, 6.45) is 0. The highest BCUT2D eigenvalue weighted by molar-refractivity contribution is 9.10. The molecule has 1 N–H and O–H groups in total. The largest absolute Gasteiger partial charge is 0.372 e. The van der Waals surface area contributed by atoms with Crippen LogP contribution in [-0.4, -0.2) is 46.2 Å². The van der Waals surface area contributed by atoms with Gasteiger partial charge in [0.05, 0.1) is 5.69 Å². The van der Waals surface area contributed by atoms with E-state index in [4.69, 9.17) is 0 Å². The van der Waals surface area contributed by atoms with Crippen molar-refractivity contribution in [3.8, 4) is 0 Å². The normalized spacial score (nSPS) is 12.8. The topological polar surface area (TPSA) is 18.5 Å². The first-order valence-corrected chi connectivity index (χ1v) is 7.07. The van der Waals surface area contributed by atoms with Gasteiger partial charge in [0, 0.05) is 30.7 Å². The molecule has 4 heteroatoms. The molecule has 18 heavy (non-hydrogen) atoms. The van der Waals surface area contributed by atoms with Crippen molar-refractivity contribution in [2.45, 2.75) is 13.0 Å². The van der Waals surface area contributed by atoms with Crippen molar-refractivity contribution in [1.29, 1.82) is 0 Å². The number of halogens is 1. The Labute approximate surface area is 119 Å². The number of hydrogen-bond donors (Lipinski definition) is 1. The summed E-state index contributed by atoms with van der Waals surface area (Å²) in [5.74, 6) is 0. The summed E-state index contributed by atoms with van der Waals surface area (Å²) < 4.78 is 1.16. The van der Waals surface area contributed by atoms with E-state index < -0.39 is 0 Å². The SMILES string of the molecule is CNC(C)c1ccc(N(C)CCN(C)C)c(Br)c1. The molecule has 0 aromatic heterocycles. The van der Waals surface area contributed by atoms with Crippen LogP contribution in [-0.2, 0) is 0 Å². The Bertz CT molecular complexity index is 379. The van der Waals surface area contributed by atoms with Crippen molar-refractivity contribution in [2.75, 3.05) is 46.2 Å². The van der Waals surface area contributed by atoms with E-state index >= 15 is 0 Å². The molecule has 0 radical (unpaired) electrons. The predicted octanol–water partition coefficient (Wildman–Crippen LogP) is 2.73. The lowest BCUT2D eigenvalue weighted by Crippen LogP contribution is -2.28. The summed E-state index contributed by atoms with van der Waals surface area (Å²) in [7, 11) is 8.31. The summed E-state index contributed by atoms with van der Waals surface area (Å²) in [5, 5.41) is 3.26. The Morgan fingerprint density at radius 3 is 2.39 bits per heavy atom. The quantitative estimate of drug-likeness (QED) is 0.871. The highest BCUT2D eigenvalue weighted by atomic mass is 79.9. The number of hydrogen-bond acceptors (Lipinski definition) is 3. The molecule has 1 aromatic rings. The number of benzene rings is 1. The second-order valence-electron chi connectivity index (χ2n) is 4.95. The zero-order valence-corrected chi connectivity index (χ0v) is 13.6. The van der Waals surface area contributed by atoms with Gasteiger partial charge in [0.1, 0.15) is 0 Å². The van der Waals surface area contributed by atoms with Crippen molar-refractivity contribution in [2.24, 2.45) is 0 Å². The third-order valence-electron chi connectivity index (χ3n) is 3.20. The Kier molecular flexibility index (Phi) is 6.12. The van der Waals surface area contributed by atoms with Crippen LogP contribution < -0.4 is 10.2 Å². The molecule has 0 saturated heterocycles. The zero-order valence-electron chi connectivity index (χ0n) is 12.0. The standard InChI is InChI=1S/C14H24BrN3/c1-11(16-2)12-6-7-14(13(15)10-12)18(5)9-8-17(3)4/h6-7,10-11,16H,8-9H2,1-5H3. The summed E-state index contributed by atoms with van der Waals surface area (Å²) in [4.78, 5) is 4.47. The Morgan fingerprint density at radius 1 is 1.22 bits per heavy atom. The van der Waals surface area contributed by atoms with E-state index in [1.165, 1.54) is 11.3 Å². The molecule has 0 aliphatic carbocycles. The first kappa shape index (κ1) is 15.5. The number of rotatable bonds is 6. The highest BCUT2D eigenvalue weighted by Crippen LogP contribution is 2.28. The summed E-state index contributed by atoms with van der Waals surface area (Å²) in [5.41, 5.74) is 2.54. The van der Waals surface area contributed by atoms with Crippen LogP contribution in [0.15, 0.2) is 22.7 Å². The Balaban J connectivity index is 2.78. The molecule has 102 valence electrons. The molecule has 0 amide bonds. The smallest absolute Gasteiger partial charge is 0.0508 e. The number of likely N-dealkylation sites (N-methyl/N-ethyl adjacent to an activating group) is 2. The molecule has 0 aliphatic rings. The highest BCUT2D eigenvalue weighted by Gasteiger charge is 2.09. The monoisotopic (exact) mass is 313 g/mol. The van der Waals surface area contributed by atoms with E-state index in [2.05, 4.69) is 77.3 Å². The van der Waals surface area contributed by atoms with Crippen LogP contribution in [0.5, 0.6) is 0 Å². The van der Waals surface area contributed by atoms with Gasteiger partial charge < -0.3 is 15.1 Å². The molecular formula is C14H24BrN3. The molecule has 0 saturated carbocycles. The molecule has 1 aromatic carbocycles. The van der Waals surface area contributed by atoms with E-state index in [0.29, 0.717) is 6.04 Å². The Hall–Kier alpha value is -0.580. The lowest BCUT2D eigenvalue weighted by atomic mass is 10.1. The maximum absolute atomic E-state index is 3.67. The van der Waals surface area contributed by atoms with Crippen molar-refractivity contribution in [1.82, 2.24) is 10.2 Å². The maximum Gasteiger partial charge on any atom is 0.0508 e. The molecule has 1 rings (SSSR count). The summed E-state index contributed by atoms with van der Waals surface area (Å²) in [6.45, 7) is 4.24. The average Bonchev–Trinajstić information content (AvgIpc) is 2.34. The van der Waals surface area contributed by atoms with Crippen LogP contribution in [0.2, 0.25) is 0 Å². The van der Waals surface area contributed by atoms with Gasteiger partial charge >= 0.3 is 0 Å². The second-order valence-corrected chi connectivity index (χ2v) is 5.80. The minimum Gasteiger partial charge on any atom is -0.372 e. The van der Waals surface area contributed by atoms with Crippen molar-refractivity contribution in [3.63, 3.8) is 0 Å². The first-order chi connectivity index (χ1) is 8.45. The predicted molar refractivity (Wildman–Crippen MR) is 83.4 cm³/mol. The summed E-state index contributed by atoms with van der Waals surface area (Å²) in [6, 6.07) is 6.95. The minimum absolute atomic E-state index is 0.377. The minimum atomic E-state index is 0.377. The van der Waals surface area contributed by atoms with Gasteiger partial charge in [0.15, 0.2) is 0 Å². The molecule has 0 aliphatic heterocycles. The van der Waals surface area contributed by atoms with Crippen molar-refractivity contribution >= 4 is 21.6 Å². The molecule has 0 heterocycles. The van der Waals surface area contributed by atoms with E-state index in [1.54, 1.807) is 0 Å². The van der Waals surface area contributed by atoms with Gasteiger partial charge in [0.2, 0.25) is 0 Å². The van der Waals surface area contributed by atoms with E-state index in [9.17, 15) is 0 Å². The summed E-state index contributed by atoms with van der Waals surface area (Å²) >= 11 is 3.67. The van der Waals surface area contributed by atoms with Gasteiger partial charge in [-0.2, -0.15) is 0 Å².